The fourth-order valence-corrected chi connectivity index (χ4v) is 2.26. The zero-order chi connectivity index (χ0) is 16.4. The van der Waals surface area contributed by atoms with E-state index < -0.39 is 17.9 Å². The lowest BCUT2D eigenvalue weighted by Gasteiger charge is -2.11. The van der Waals surface area contributed by atoms with Crippen LogP contribution < -0.4 is 5.69 Å². The van der Waals surface area contributed by atoms with Gasteiger partial charge in [0.2, 0.25) is 5.82 Å². The summed E-state index contributed by atoms with van der Waals surface area (Å²) in [7, 11) is 1.37. The van der Waals surface area contributed by atoms with E-state index in [1.54, 1.807) is 0 Å². The van der Waals surface area contributed by atoms with Gasteiger partial charge in [0.05, 0.1) is 6.54 Å². The van der Waals surface area contributed by atoms with E-state index in [0.717, 1.165) is 31.5 Å². The molecule has 0 amide bonds. The summed E-state index contributed by atoms with van der Waals surface area (Å²) in [6.45, 7) is 5.90. The molecule has 0 unspecified atom stereocenters. The highest BCUT2D eigenvalue weighted by atomic mass is 19.3. The fourth-order valence-electron chi connectivity index (χ4n) is 2.26. The second kappa shape index (κ2) is 6.25. The Morgan fingerprint density at radius 2 is 2.09 bits per heavy atom. The van der Waals surface area contributed by atoms with Gasteiger partial charge < -0.3 is 0 Å². The summed E-state index contributed by atoms with van der Waals surface area (Å²) in [6, 6.07) is 5.84. The summed E-state index contributed by atoms with van der Waals surface area (Å²) in [5, 5.41) is 3.61. The van der Waals surface area contributed by atoms with Crippen molar-refractivity contribution in [2.75, 3.05) is 0 Å². The van der Waals surface area contributed by atoms with E-state index in [4.69, 9.17) is 0 Å². The van der Waals surface area contributed by atoms with Gasteiger partial charge in [-0.05, 0) is 49.1 Å². The lowest BCUT2D eigenvalue weighted by Crippen LogP contribution is -2.24. The van der Waals surface area contributed by atoms with E-state index in [1.165, 1.54) is 7.05 Å². The van der Waals surface area contributed by atoms with Gasteiger partial charge >= 0.3 is 5.69 Å². The second-order valence-electron chi connectivity index (χ2n) is 5.26. The van der Waals surface area contributed by atoms with Crippen LogP contribution in [-0.4, -0.2) is 14.3 Å². The van der Waals surface area contributed by atoms with Gasteiger partial charge in [-0.15, -0.1) is 5.10 Å². The van der Waals surface area contributed by atoms with Gasteiger partial charge in [-0.2, -0.15) is 0 Å². The summed E-state index contributed by atoms with van der Waals surface area (Å²) >= 11 is 0. The van der Waals surface area contributed by atoms with Crippen molar-refractivity contribution in [3.63, 3.8) is 0 Å². The standard InChI is InChI=1S/C16H19F2N3O/c1-5-10(2)12-7-6-11(3)13(8-12)9-21-15(14(17)18)19-20(4)16(21)22/h5-8,14H,9H2,1-4H3. The minimum absolute atomic E-state index is 0.0863. The van der Waals surface area contributed by atoms with Gasteiger partial charge in [0.25, 0.3) is 6.43 Å². The SMILES string of the molecule is CC=C(C)c1ccc(C)c(Cn2c(C(F)F)nn(C)c2=O)c1. The number of aryl methyl sites for hydroxylation is 2. The van der Waals surface area contributed by atoms with Crippen LogP contribution in [0.5, 0.6) is 0 Å². The first kappa shape index (κ1) is 16.1. The molecule has 2 rings (SSSR count). The summed E-state index contributed by atoms with van der Waals surface area (Å²) in [5.41, 5.74) is 3.34. The third-order valence-corrected chi connectivity index (χ3v) is 3.80. The van der Waals surface area contributed by atoms with E-state index in [2.05, 4.69) is 5.10 Å². The molecular weight excluding hydrogens is 288 g/mol. The number of alkyl halides is 2. The number of hydrogen-bond donors (Lipinski definition) is 0. The number of hydrogen-bond acceptors (Lipinski definition) is 2. The van der Waals surface area contributed by atoms with Crippen molar-refractivity contribution < 1.29 is 8.78 Å². The maximum absolute atomic E-state index is 13.0. The summed E-state index contributed by atoms with van der Waals surface area (Å²) < 4.78 is 28.1. The quantitative estimate of drug-likeness (QED) is 0.869. The average molecular weight is 307 g/mol. The van der Waals surface area contributed by atoms with Crippen LogP contribution in [0.1, 0.15) is 42.8 Å². The number of allylic oxidation sites excluding steroid dienone is 2. The molecule has 1 heterocycles. The molecule has 1 aromatic heterocycles. The minimum atomic E-state index is -2.78. The number of nitrogens with zero attached hydrogens (tertiary/aromatic N) is 3. The van der Waals surface area contributed by atoms with Crippen LogP contribution in [0.15, 0.2) is 29.1 Å². The molecule has 1 aromatic carbocycles. The van der Waals surface area contributed by atoms with Gasteiger partial charge in [-0.1, -0.05) is 18.2 Å². The number of aromatic nitrogens is 3. The zero-order valence-electron chi connectivity index (χ0n) is 13.1. The van der Waals surface area contributed by atoms with Crippen molar-refractivity contribution in [3.8, 4) is 0 Å². The largest absolute Gasteiger partial charge is 0.346 e. The molecule has 4 nitrogen and oxygen atoms in total. The van der Waals surface area contributed by atoms with Crippen LogP contribution in [0.2, 0.25) is 0 Å². The second-order valence-corrected chi connectivity index (χ2v) is 5.26. The number of rotatable bonds is 4. The highest BCUT2D eigenvalue weighted by Gasteiger charge is 2.20. The van der Waals surface area contributed by atoms with Gasteiger partial charge in [-0.25, -0.2) is 18.3 Å². The summed E-state index contributed by atoms with van der Waals surface area (Å²) in [4.78, 5) is 12.0. The lowest BCUT2D eigenvalue weighted by atomic mass is 10.0. The first-order valence-corrected chi connectivity index (χ1v) is 6.99. The third-order valence-electron chi connectivity index (χ3n) is 3.80. The van der Waals surface area contributed by atoms with Gasteiger partial charge in [0.1, 0.15) is 0 Å². The predicted octanol–water partition coefficient (Wildman–Crippen LogP) is 3.30. The van der Waals surface area contributed by atoms with E-state index in [9.17, 15) is 13.6 Å². The molecule has 0 radical (unpaired) electrons. The normalized spacial score (nSPS) is 12.2. The molecule has 0 bridgehead atoms. The Labute approximate surface area is 127 Å². The molecule has 0 fully saturated rings. The molecule has 0 atom stereocenters. The minimum Gasteiger partial charge on any atom is -0.270 e. The number of halogens is 2. The van der Waals surface area contributed by atoms with Gasteiger partial charge in [0, 0.05) is 7.05 Å². The van der Waals surface area contributed by atoms with Crippen molar-refractivity contribution in [2.24, 2.45) is 7.05 Å². The van der Waals surface area contributed by atoms with Crippen LogP contribution in [0.4, 0.5) is 8.78 Å². The maximum Gasteiger partial charge on any atom is 0.346 e. The van der Waals surface area contributed by atoms with Crippen molar-refractivity contribution in [1.29, 1.82) is 0 Å². The lowest BCUT2D eigenvalue weighted by molar-refractivity contribution is 0.134. The smallest absolute Gasteiger partial charge is 0.270 e. The zero-order valence-corrected chi connectivity index (χ0v) is 13.1. The first-order chi connectivity index (χ1) is 10.3. The van der Waals surface area contributed by atoms with Crippen LogP contribution >= 0.6 is 0 Å². The summed E-state index contributed by atoms with van der Waals surface area (Å²) in [5.74, 6) is -0.500. The Bertz CT molecular complexity index is 772. The van der Waals surface area contributed by atoms with Crippen molar-refractivity contribution >= 4 is 5.57 Å². The van der Waals surface area contributed by atoms with Crippen molar-refractivity contribution in [2.45, 2.75) is 33.7 Å². The van der Waals surface area contributed by atoms with Gasteiger partial charge in [0.15, 0.2) is 0 Å². The molecule has 0 aliphatic carbocycles. The monoisotopic (exact) mass is 307 g/mol. The Morgan fingerprint density at radius 1 is 1.41 bits per heavy atom. The average Bonchev–Trinajstić information content (AvgIpc) is 2.77. The molecule has 0 spiro atoms. The van der Waals surface area contributed by atoms with Crippen LogP contribution in [0, 0.1) is 6.92 Å². The van der Waals surface area contributed by atoms with E-state index in [0.29, 0.717) is 0 Å². The molecule has 2 aromatic rings. The molecular formula is C16H19F2N3O. The van der Waals surface area contributed by atoms with E-state index >= 15 is 0 Å². The van der Waals surface area contributed by atoms with Crippen LogP contribution in [0.3, 0.4) is 0 Å². The highest BCUT2D eigenvalue weighted by Crippen LogP contribution is 2.21. The predicted molar refractivity (Wildman–Crippen MR) is 82.0 cm³/mol. The Kier molecular flexibility index (Phi) is 4.59. The Balaban J connectivity index is 2.50. The van der Waals surface area contributed by atoms with Crippen molar-refractivity contribution in [1.82, 2.24) is 14.3 Å². The molecule has 0 saturated carbocycles. The molecule has 0 aliphatic rings. The molecule has 22 heavy (non-hydrogen) atoms. The molecule has 0 saturated heterocycles. The van der Waals surface area contributed by atoms with Crippen LogP contribution in [0.25, 0.3) is 5.57 Å². The van der Waals surface area contributed by atoms with E-state index in [1.807, 2.05) is 45.0 Å². The van der Waals surface area contributed by atoms with Crippen LogP contribution in [-0.2, 0) is 13.6 Å². The van der Waals surface area contributed by atoms with E-state index in [-0.39, 0.29) is 6.54 Å². The topological polar surface area (TPSA) is 39.8 Å². The highest BCUT2D eigenvalue weighted by molar-refractivity contribution is 5.64. The van der Waals surface area contributed by atoms with Gasteiger partial charge in [-0.3, -0.25) is 4.57 Å². The molecule has 6 heteroatoms. The summed E-state index contributed by atoms with van der Waals surface area (Å²) in [6.07, 6.45) is -0.801. The third kappa shape index (κ3) is 3.00. The Hall–Kier alpha value is -2.24. The number of benzene rings is 1. The molecule has 0 aliphatic heterocycles. The fraction of sp³-hybridized carbons (Fsp3) is 0.375. The maximum atomic E-state index is 13.0. The molecule has 118 valence electrons. The first-order valence-electron chi connectivity index (χ1n) is 6.99. The van der Waals surface area contributed by atoms with Crippen molar-refractivity contribution in [3.05, 3.63) is 57.3 Å². The molecule has 0 N–H and O–H groups in total. The Morgan fingerprint density at radius 3 is 2.68 bits per heavy atom.